The molecule has 2 aromatic carbocycles. The Morgan fingerprint density at radius 2 is 1.95 bits per heavy atom. The van der Waals surface area contributed by atoms with E-state index < -0.39 is 0 Å². The van der Waals surface area contributed by atoms with Crippen molar-refractivity contribution < 1.29 is 9.53 Å². The van der Waals surface area contributed by atoms with Crippen LogP contribution in [0, 0.1) is 0 Å². The van der Waals surface area contributed by atoms with E-state index in [4.69, 9.17) is 4.74 Å². The molecular formula is C18H18N2O2. The Morgan fingerprint density at radius 1 is 1.14 bits per heavy atom. The molecule has 0 saturated carbocycles. The summed E-state index contributed by atoms with van der Waals surface area (Å²) < 4.78 is 5.10. The van der Waals surface area contributed by atoms with Crippen LogP contribution in [0.15, 0.2) is 54.7 Å². The quantitative estimate of drug-likeness (QED) is 0.753. The molecule has 0 saturated heterocycles. The van der Waals surface area contributed by atoms with Crippen LogP contribution in [-0.2, 0) is 11.2 Å². The lowest BCUT2D eigenvalue weighted by Crippen LogP contribution is -2.12. The minimum atomic E-state index is 0.0118. The van der Waals surface area contributed by atoms with Crippen LogP contribution in [0.1, 0.15) is 12.0 Å². The van der Waals surface area contributed by atoms with Crippen molar-refractivity contribution in [1.82, 2.24) is 4.98 Å². The number of rotatable bonds is 5. The summed E-state index contributed by atoms with van der Waals surface area (Å²) in [5.74, 6) is 0.787. The number of nitrogens with one attached hydrogen (secondary N) is 2. The largest absolute Gasteiger partial charge is 0.497 e. The molecule has 0 fully saturated rings. The van der Waals surface area contributed by atoms with E-state index in [1.807, 2.05) is 48.7 Å². The number of carbonyl (C=O) groups is 1. The Labute approximate surface area is 129 Å². The number of aromatic nitrogens is 1. The van der Waals surface area contributed by atoms with Crippen molar-refractivity contribution in [2.24, 2.45) is 0 Å². The highest BCUT2D eigenvalue weighted by atomic mass is 16.5. The van der Waals surface area contributed by atoms with Crippen molar-refractivity contribution in [3.8, 4) is 5.75 Å². The monoisotopic (exact) mass is 294 g/mol. The van der Waals surface area contributed by atoms with E-state index in [0.29, 0.717) is 6.42 Å². The van der Waals surface area contributed by atoms with Gasteiger partial charge in [0.15, 0.2) is 0 Å². The van der Waals surface area contributed by atoms with Gasteiger partial charge in [0.25, 0.3) is 0 Å². The zero-order valence-corrected chi connectivity index (χ0v) is 12.4. The third kappa shape index (κ3) is 3.11. The first-order valence-electron chi connectivity index (χ1n) is 7.25. The number of aromatic amines is 1. The average Bonchev–Trinajstić information content (AvgIpc) is 3.03. The lowest BCUT2D eigenvalue weighted by molar-refractivity contribution is -0.116. The third-order valence-electron chi connectivity index (χ3n) is 3.68. The molecule has 4 nitrogen and oxygen atoms in total. The third-order valence-corrected chi connectivity index (χ3v) is 3.68. The van der Waals surface area contributed by atoms with E-state index >= 15 is 0 Å². The maximum atomic E-state index is 12.1. The molecule has 4 heteroatoms. The zero-order valence-electron chi connectivity index (χ0n) is 12.4. The number of hydrogen-bond donors (Lipinski definition) is 2. The second kappa shape index (κ2) is 6.35. The smallest absolute Gasteiger partial charge is 0.224 e. The van der Waals surface area contributed by atoms with Crippen LogP contribution in [0.2, 0.25) is 0 Å². The summed E-state index contributed by atoms with van der Waals surface area (Å²) in [5.41, 5.74) is 3.07. The van der Waals surface area contributed by atoms with Crippen molar-refractivity contribution in [3.63, 3.8) is 0 Å². The summed E-state index contributed by atoms with van der Waals surface area (Å²) in [4.78, 5) is 15.3. The van der Waals surface area contributed by atoms with E-state index in [-0.39, 0.29) is 5.91 Å². The van der Waals surface area contributed by atoms with Gasteiger partial charge >= 0.3 is 0 Å². The van der Waals surface area contributed by atoms with Gasteiger partial charge in [-0.25, -0.2) is 0 Å². The Morgan fingerprint density at radius 3 is 2.73 bits per heavy atom. The van der Waals surface area contributed by atoms with E-state index in [2.05, 4.69) is 16.4 Å². The van der Waals surface area contributed by atoms with Gasteiger partial charge in [-0.2, -0.15) is 0 Å². The van der Waals surface area contributed by atoms with Gasteiger partial charge in [-0.3, -0.25) is 4.79 Å². The van der Waals surface area contributed by atoms with Crippen molar-refractivity contribution in [2.45, 2.75) is 12.8 Å². The second-order valence-electron chi connectivity index (χ2n) is 5.13. The van der Waals surface area contributed by atoms with Gasteiger partial charge in [0.2, 0.25) is 5.91 Å². The van der Waals surface area contributed by atoms with Crippen molar-refractivity contribution in [2.75, 3.05) is 12.4 Å². The Hall–Kier alpha value is -2.75. The number of H-pyrrole nitrogens is 1. The molecule has 1 aromatic heterocycles. The molecular weight excluding hydrogens is 276 g/mol. The van der Waals surface area contributed by atoms with Gasteiger partial charge in [-0.1, -0.05) is 12.1 Å². The number of ether oxygens (including phenoxy) is 1. The number of aryl methyl sites for hydroxylation is 1. The van der Waals surface area contributed by atoms with Crippen LogP contribution in [-0.4, -0.2) is 18.0 Å². The van der Waals surface area contributed by atoms with E-state index in [1.54, 1.807) is 7.11 Å². The summed E-state index contributed by atoms with van der Waals surface area (Å²) in [6, 6.07) is 15.5. The fraction of sp³-hybridized carbons (Fsp3) is 0.167. The first-order chi connectivity index (χ1) is 10.8. The van der Waals surface area contributed by atoms with Crippen molar-refractivity contribution in [3.05, 3.63) is 60.3 Å². The first kappa shape index (κ1) is 14.2. The molecule has 3 aromatic rings. The van der Waals surface area contributed by atoms with E-state index in [9.17, 15) is 4.79 Å². The molecule has 1 amide bonds. The molecule has 0 bridgehead atoms. The predicted molar refractivity (Wildman–Crippen MR) is 88.2 cm³/mol. The molecule has 0 spiro atoms. The highest BCUT2D eigenvalue weighted by Crippen LogP contribution is 2.19. The number of carbonyl (C=O) groups excluding carboxylic acids is 1. The Kier molecular flexibility index (Phi) is 4.10. The maximum Gasteiger partial charge on any atom is 0.224 e. The number of anilines is 1. The maximum absolute atomic E-state index is 12.1. The SMILES string of the molecule is COc1ccc(NC(=O)CCc2cccc3[nH]ccc23)cc1. The highest BCUT2D eigenvalue weighted by Gasteiger charge is 2.06. The van der Waals surface area contributed by atoms with Crippen LogP contribution < -0.4 is 10.1 Å². The lowest BCUT2D eigenvalue weighted by atomic mass is 10.1. The molecule has 0 aliphatic heterocycles. The van der Waals surface area contributed by atoms with Gasteiger partial charge in [-0.15, -0.1) is 0 Å². The lowest BCUT2D eigenvalue weighted by Gasteiger charge is -2.07. The molecule has 1 heterocycles. The van der Waals surface area contributed by atoms with Crippen molar-refractivity contribution >= 4 is 22.5 Å². The fourth-order valence-corrected chi connectivity index (χ4v) is 2.51. The minimum absolute atomic E-state index is 0.0118. The predicted octanol–water partition coefficient (Wildman–Crippen LogP) is 3.75. The zero-order chi connectivity index (χ0) is 15.4. The van der Waals surface area contributed by atoms with Crippen LogP contribution in [0.5, 0.6) is 5.75 Å². The average molecular weight is 294 g/mol. The van der Waals surface area contributed by atoms with Gasteiger partial charge in [0.05, 0.1) is 7.11 Å². The normalized spacial score (nSPS) is 10.6. The van der Waals surface area contributed by atoms with Gasteiger partial charge in [0.1, 0.15) is 5.75 Å². The molecule has 0 atom stereocenters. The van der Waals surface area contributed by atoms with E-state index in [1.165, 1.54) is 10.9 Å². The number of amides is 1. The molecule has 3 rings (SSSR count). The van der Waals surface area contributed by atoms with Crippen LogP contribution >= 0.6 is 0 Å². The Bertz CT molecular complexity index is 775. The molecule has 22 heavy (non-hydrogen) atoms. The number of methoxy groups -OCH3 is 1. The summed E-state index contributed by atoms with van der Waals surface area (Å²) >= 11 is 0. The summed E-state index contributed by atoms with van der Waals surface area (Å²) in [6.45, 7) is 0. The van der Waals surface area contributed by atoms with Gasteiger partial charge < -0.3 is 15.0 Å². The highest BCUT2D eigenvalue weighted by molar-refractivity contribution is 5.91. The number of benzene rings is 2. The first-order valence-corrected chi connectivity index (χ1v) is 7.25. The van der Waals surface area contributed by atoms with Crippen molar-refractivity contribution in [1.29, 1.82) is 0 Å². The molecule has 0 radical (unpaired) electrons. The summed E-state index contributed by atoms with van der Waals surface area (Å²) in [6.07, 6.45) is 3.10. The summed E-state index contributed by atoms with van der Waals surface area (Å²) in [5, 5.41) is 4.08. The topological polar surface area (TPSA) is 54.1 Å². The van der Waals surface area contributed by atoms with Gasteiger partial charge in [-0.05, 0) is 48.4 Å². The van der Waals surface area contributed by atoms with Gasteiger partial charge in [0, 0.05) is 29.2 Å². The van der Waals surface area contributed by atoms with Crippen LogP contribution in [0.4, 0.5) is 5.69 Å². The molecule has 2 N–H and O–H groups in total. The molecule has 0 aliphatic rings. The Balaban J connectivity index is 1.61. The second-order valence-corrected chi connectivity index (χ2v) is 5.13. The molecule has 0 unspecified atom stereocenters. The van der Waals surface area contributed by atoms with Crippen LogP contribution in [0.25, 0.3) is 10.9 Å². The standard InChI is InChI=1S/C18H18N2O2/c1-22-15-8-6-14(7-9-15)20-18(21)10-5-13-3-2-4-17-16(13)11-12-19-17/h2-4,6-9,11-12,19H,5,10H2,1H3,(H,20,21). The number of fused-ring (bicyclic) bond motifs is 1. The molecule has 112 valence electrons. The number of hydrogen-bond acceptors (Lipinski definition) is 2. The van der Waals surface area contributed by atoms with Crippen LogP contribution in [0.3, 0.4) is 0 Å². The van der Waals surface area contributed by atoms with E-state index in [0.717, 1.165) is 23.4 Å². The summed E-state index contributed by atoms with van der Waals surface area (Å²) in [7, 11) is 1.62. The fourth-order valence-electron chi connectivity index (χ4n) is 2.51. The minimum Gasteiger partial charge on any atom is -0.497 e. The molecule has 0 aliphatic carbocycles.